The predicted octanol–water partition coefficient (Wildman–Crippen LogP) is 2.81. The molecular formula is C17H12ClN5O2. The minimum atomic E-state index is -0.354. The van der Waals surface area contributed by atoms with Crippen LogP contribution in [0.2, 0.25) is 5.02 Å². The second-order valence-corrected chi connectivity index (χ2v) is 5.41. The number of anilines is 1. The van der Waals surface area contributed by atoms with Crippen molar-refractivity contribution in [2.75, 3.05) is 11.9 Å². The molecule has 0 bridgehead atoms. The number of ether oxygens (including phenoxy) is 1. The van der Waals surface area contributed by atoms with Crippen molar-refractivity contribution in [3.8, 4) is 17.5 Å². The SMILES string of the molecule is N#Cc1ccc(OCC(=O)Nc2cc(Cl)ccc2-n2cncn2)cc1. The Balaban J connectivity index is 1.68. The fraction of sp³-hybridized carbons (Fsp3) is 0.0588. The van der Waals surface area contributed by atoms with E-state index in [4.69, 9.17) is 21.6 Å². The molecule has 0 spiro atoms. The molecule has 7 nitrogen and oxygen atoms in total. The Morgan fingerprint density at radius 2 is 2.08 bits per heavy atom. The molecule has 0 fully saturated rings. The molecule has 3 aromatic rings. The first kappa shape index (κ1) is 16.5. The number of hydrogen-bond donors (Lipinski definition) is 1. The van der Waals surface area contributed by atoms with Gasteiger partial charge < -0.3 is 10.1 Å². The van der Waals surface area contributed by atoms with Crippen molar-refractivity contribution in [3.63, 3.8) is 0 Å². The lowest BCUT2D eigenvalue weighted by atomic mass is 10.2. The Hall–Kier alpha value is -3.37. The highest BCUT2D eigenvalue weighted by molar-refractivity contribution is 6.31. The molecule has 1 N–H and O–H groups in total. The molecular weight excluding hydrogens is 342 g/mol. The zero-order valence-electron chi connectivity index (χ0n) is 12.9. The van der Waals surface area contributed by atoms with Gasteiger partial charge in [0, 0.05) is 5.02 Å². The van der Waals surface area contributed by atoms with E-state index in [1.807, 2.05) is 6.07 Å². The third kappa shape index (κ3) is 4.13. The summed E-state index contributed by atoms with van der Waals surface area (Å²) in [5.41, 5.74) is 1.65. The van der Waals surface area contributed by atoms with Gasteiger partial charge in [-0.15, -0.1) is 0 Å². The van der Waals surface area contributed by atoms with E-state index in [0.29, 0.717) is 27.7 Å². The molecule has 1 amide bonds. The van der Waals surface area contributed by atoms with Crippen molar-refractivity contribution in [2.24, 2.45) is 0 Å². The number of aromatic nitrogens is 3. The van der Waals surface area contributed by atoms with Crippen LogP contribution in [0.1, 0.15) is 5.56 Å². The largest absolute Gasteiger partial charge is 0.484 e. The molecule has 2 aromatic carbocycles. The van der Waals surface area contributed by atoms with E-state index in [1.54, 1.807) is 42.5 Å². The molecule has 25 heavy (non-hydrogen) atoms. The van der Waals surface area contributed by atoms with Gasteiger partial charge in [-0.25, -0.2) is 9.67 Å². The molecule has 3 rings (SSSR count). The highest BCUT2D eigenvalue weighted by atomic mass is 35.5. The van der Waals surface area contributed by atoms with Crippen LogP contribution in [0.25, 0.3) is 5.69 Å². The highest BCUT2D eigenvalue weighted by Crippen LogP contribution is 2.24. The molecule has 0 atom stereocenters. The normalized spacial score (nSPS) is 10.1. The van der Waals surface area contributed by atoms with E-state index in [9.17, 15) is 4.79 Å². The van der Waals surface area contributed by atoms with Crippen LogP contribution in [0.15, 0.2) is 55.1 Å². The molecule has 0 saturated carbocycles. The first-order chi connectivity index (χ1) is 12.2. The van der Waals surface area contributed by atoms with Crippen molar-refractivity contribution >= 4 is 23.2 Å². The van der Waals surface area contributed by atoms with Crippen molar-refractivity contribution in [1.29, 1.82) is 5.26 Å². The molecule has 1 heterocycles. The standard InChI is InChI=1S/C17H12ClN5O2/c18-13-3-6-16(23-11-20-10-21-23)15(7-13)22-17(24)9-25-14-4-1-12(8-19)2-5-14/h1-7,10-11H,9H2,(H,22,24). The van der Waals surface area contributed by atoms with Crippen molar-refractivity contribution < 1.29 is 9.53 Å². The Bertz CT molecular complexity index is 917. The van der Waals surface area contributed by atoms with Gasteiger partial charge in [-0.2, -0.15) is 10.4 Å². The second kappa shape index (κ2) is 7.47. The van der Waals surface area contributed by atoms with E-state index in [2.05, 4.69) is 15.4 Å². The number of nitriles is 1. The average molecular weight is 354 g/mol. The Morgan fingerprint density at radius 3 is 2.76 bits per heavy atom. The lowest BCUT2D eigenvalue weighted by Crippen LogP contribution is -2.21. The van der Waals surface area contributed by atoms with E-state index >= 15 is 0 Å². The second-order valence-electron chi connectivity index (χ2n) is 4.97. The summed E-state index contributed by atoms with van der Waals surface area (Å²) in [4.78, 5) is 16.1. The zero-order chi connectivity index (χ0) is 17.6. The van der Waals surface area contributed by atoms with Gasteiger partial charge in [0.1, 0.15) is 18.4 Å². The zero-order valence-corrected chi connectivity index (χ0v) is 13.6. The lowest BCUT2D eigenvalue weighted by molar-refractivity contribution is -0.118. The highest BCUT2D eigenvalue weighted by Gasteiger charge is 2.11. The van der Waals surface area contributed by atoms with Crippen molar-refractivity contribution in [1.82, 2.24) is 14.8 Å². The molecule has 0 aliphatic carbocycles. The maximum Gasteiger partial charge on any atom is 0.262 e. The molecule has 0 aliphatic heterocycles. The van der Waals surface area contributed by atoms with Gasteiger partial charge in [0.25, 0.3) is 5.91 Å². The number of rotatable bonds is 5. The van der Waals surface area contributed by atoms with Crippen LogP contribution in [0.5, 0.6) is 5.75 Å². The number of benzene rings is 2. The average Bonchev–Trinajstić information content (AvgIpc) is 3.15. The summed E-state index contributed by atoms with van der Waals surface area (Å²) in [6, 6.07) is 13.6. The smallest absolute Gasteiger partial charge is 0.262 e. The van der Waals surface area contributed by atoms with Gasteiger partial charge in [-0.1, -0.05) is 11.6 Å². The van der Waals surface area contributed by atoms with Gasteiger partial charge in [0.15, 0.2) is 6.61 Å². The number of amides is 1. The summed E-state index contributed by atoms with van der Waals surface area (Å²) in [5, 5.41) is 16.0. The van der Waals surface area contributed by atoms with Crippen molar-refractivity contribution in [2.45, 2.75) is 0 Å². The molecule has 0 saturated heterocycles. The van der Waals surface area contributed by atoms with E-state index in [1.165, 1.54) is 17.3 Å². The van der Waals surface area contributed by atoms with Gasteiger partial charge >= 0.3 is 0 Å². The monoisotopic (exact) mass is 353 g/mol. The number of carbonyl (C=O) groups is 1. The molecule has 8 heteroatoms. The lowest BCUT2D eigenvalue weighted by Gasteiger charge is -2.12. The fourth-order valence-electron chi connectivity index (χ4n) is 2.10. The first-order valence-electron chi connectivity index (χ1n) is 7.23. The molecule has 0 unspecified atom stereocenters. The topological polar surface area (TPSA) is 92.8 Å². The Labute approximate surface area is 148 Å². The maximum absolute atomic E-state index is 12.2. The third-order valence-electron chi connectivity index (χ3n) is 3.25. The van der Waals surface area contributed by atoms with Crippen LogP contribution in [-0.2, 0) is 4.79 Å². The van der Waals surface area contributed by atoms with E-state index in [0.717, 1.165) is 0 Å². The van der Waals surface area contributed by atoms with Crippen molar-refractivity contribution in [3.05, 3.63) is 65.7 Å². The number of nitrogens with one attached hydrogen (secondary N) is 1. The molecule has 1 aromatic heterocycles. The first-order valence-corrected chi connectivity index (χ1v) is 7.61. The Morgan fingerprint density at radius 1 is 1.28 bits per heavy atom. The summed E-state index contributed by atoms with van der Waals surface area (Å²) >= 11 is 6.01. The maximum atomic E-state index is 12.2. The van der Waals surface area contributed by atoms with Crippen LogP contribution in [0.4, 0.5) is 5.69 Å². The molecule has 124 valence electrons. The van der Waals surface area contributed by atoms with Gasteiger partial charge in [-0.3, -0.25) is 4.79 Å². The van der Waals surface area contributed by atoms with Gasteiger partial charge in [-0.05, 0) is 42.5 Å². The fourth-order valence-corrected chi connectivity index (χ4v) is 2.27. The predicted molar refractivity (Wildman–Crippen MR) is 91.7 cm³/mol. The van der Waals surface area contributed by atoms with Gasteiger partial charge in [0.2, 0.25) is 0 Å². The summed E-state index contributed by atoms with van der Waals surface area (Å²) in [6.07, 6.45) is 2.92. The van der Waals surface area contributed by atoms with Crippen LogP contribution in [-0.4, -0.2) is 27.3 Å². The summed E-state index contributed by atoms with van der Waals surface area (Å²) < 4.78 is 6.93. The van der Waals surface area contributed by atoms with Crippen LogP contribution >= 0.6 is 11.6 Å². The summed E-state index contributed by atoms with van der Waals surface area (Å²) in [5.74, 6) is 0.143. The van der Waals surface area contributed by atoms with E-state index < -0.39 is 0 Å². The van der Waals surface area contributed by atoms with E-state index in [-0.39, 0.29) is 12.5 Å². The summed E-state index contributed by atoms with van der Waals surface area (Å²) in [7, 11) is 0. The van der Waals surface area contributed by atoms with Crippen LogP contribution in [0, 0.1) is 11.3 Å². The number of carbonyl (C=O) groups excluding carboxylic acids is 1. The van der Waals surface area contributed by atoms with Crippen LogP contribution < -0.4 is 10.1 Å². The molecule has 0 aliphatic rings. The minimum absolute atomic E-state index is 0.185. The van der Waals surface area contributed by atoms with Gasteiger partial charge in [0.05, 0.1) is 23.0 Å². The quantitative estimate of drug-likeness (QED) is 0.761. The number of hydrogen-bond acceptors (Lipinski definition) is 5. The molecule has 0 radical (unpaired) electrons. The third-order valence-corrected chi connectivity index (χ3v) is 3.49. The van der Waals surface area contributed by atoms with Crippen LogP contribution in [0.3, 0.4) is 0 Å². The number of nitrogens with zero attached hydrogens (tertiary/aromatic N) is 4. The minimum Gasteiger partial charge on any atom is -0.484 e. The summed E-state index contributed by atoms with van der Waals surface area (Å²) in [6.45, 7) is -0.185. The number of halogens is 1. The Kier molecular flexibility index (Phi) is 4.92.